The van der Waals surface area contributed by atoms with E-state index in [1.54, 1.807) is 30.6 Å². The lowest BCUT2D eigenvalue weighted by molar-refractivity contribution is -0.137. The number of anilines is 1. The van der Waals surface area contributed by atoms with Crippen LogP contribution in [0.2, 0.25) is 0 Å². The van der Waals surface area contributed by atoms with E-state index in [9.17, 15) is 4.79 Å². The summed E-state index contributed by atoms with van der Waals surface area (Å²) in [6.45, 7) is 3.94. The van der Waals surface area contributed by atoms with Crippen LogP contribution in [0, 0.1) is 0 Å². The van der Waals surface area contributed by atoms with E-state index in [1.165, 1.54) is 10.9 Å². The topological polar surface area (TPSA) is 118 Å². The normalized spacial score (nSPS) is 10.5. The van der Waals surface area contributed by atoms with Crippen LogP contribution in [0.1, 0.15) is 0 Å². The number of aliphatic carboxylic acids is 1. The van der Waals surface area contributed by atoms with Crippen LogP contribution >= 0.6 is 12.2 Å². The maximum absolute atomic E-state index is 10.8. The van der Waals surface area contributed by atoms with Gasteiger partial charge in [0.1, 0.15) is 17.9 Å². The molecule has 0 saturated carbocycles. The lowest BCUT2D eigenvalue weighted by atomic mass is 10.2. The van der Waals surface area contributed by atoms with Crippen LogP contribution in [0.15, 0.2) is 43.4 Å². The summed E-state index contributed by atoms with van der Waals surface area (Å²) in [5.74, 6) is -0.435. The van der Waals surface area contributed by atoms with E-state index in [-0.39, 0.29) is 6.54 Å². The predicted octanol–water partition coefficient (Wildman–Crippen LogP) is 1.45. The molecule has 0 aromatic carbocycles. The first-order valence-corrected chi connectivity index (χ1v) is 8.00. The van der Waals surface area contributed by atoms with E-state index in [4.69, 9.17) is 17.3 Å². The minimum atomic E-state index is -0.970. The number of nitrogens with one attached hydrogen (secondary N) is 2. The molecule has 0 amide bonds. The van der Waals surface area contributed by atoms with Gasteiger partial charge in [0.25, 0.3) is 0 Å². The average molecular weight is 369 g/mol. The van der Waals surface area contributed by atoms with E-state index in [2.05, 4.69) is 37.3 Å². The number of hydrogen-bond acceptors (Lipinski definition) is 6. The fourth-order valence-corrected chi connectivity index (χ4v) is 2.34. The number of nitrogens with zero attached hydrogens (tertiary/aromatic N) is 5. The molecule has 10 heteroatoms. The number of hydrogen-bond donors (Lipinski definition) is 3. The number of thiocarbonyl (C=S) groups is 1. The second-order valence-electron chi connectivity index (χ2n) is 5.24. The van der Waals surface area contributed by atoms with Gasteiger partial charge in [0.2, 0.25) is 0 Å². The fourth-order valence-electron chi connectivity index (χ4n) is 2.15. The van der Waals surface area contributed by atoms with Crippen molar-refractivity contribution in [1.82, 2.24) is 30.0 Å². The summed E-state index contributed by atoms with van der Waals surface area (Å²) in [6.07, 6.45) is 6.43. The molecular weight excluding hydrogens is 354 g/mol. The van der Waals surface area contributed by atoms with Crippen molar-refractivity contribution in [3.63, 3.8) is 0 Å². The Morgan fingerprint density at radius 3 is 2.96 bits per heavy atom. The van der Waals surface area contributed by atoms with E-state index in [0.717, 1.165) is 0 Å². The first-order valence-electron chi connectivity index (χ1n) is 7.59. The molecule has 0 fully saturated rings. The molecule has 0 bridgehead atoms. The molecule has 0 radical (unpaired) electrons. The Labute approximate surface area is 153 Å². The Kier molecular flexibility index (Phi) is 5.13. The molecule has 0 saturated heterocycles. The Balaban J connectivity index is 1.84. The zero-order chi connectivity index (χ0) is 18.5. The van der Waals surface area contributed by atoms with Crippen LogP contribution in [-0.2, 0) is 11.3 Å². The van der Waals surface area contributed by atoms with Gasteiger partial charge in [0.15, 0.2) is 10.8 Å². The van der Waals surface area contributed by atoms with Crippen molar-refractivity contribution in [1.29, 1.82) is 0 Å². The van der Waals surface area contributed by atoms with Crippen molar-refractivity contribution in [2.45, 2.75) is 6.54 Å². The van der Waals surface area contributed by atoms with Crippen LogP contribution in [0.25, 0.3) is 22.4 Å². The van der Waals surface area contributed by atoms with Crippen LogP contribution in [0.3, 0.4) is 0 Å². The molecular formula is C16H15N7O2S. The molecule has 0 spiro atoms. The maximum atomic E-state index is 10.8. The summed E-state index contributed by atoms with van der Waals surface area (Å²) in [6, 6.07) is 3.54. The molecule has 3 rings (SSSR count). The fraction of sp³-hybridized carbons (Fsp3) is 0.125. The Bertz CT molecular complexity index is 986. The lowest BCUT2D eigenvalue weighted by Crippen LogP contribution is -2.28. The van der Waals surface area contributed by atoms with Crippen molar-refractivity contribution in [2.24, 2.45) is 0 Å². The van der Waals surface area contributed by atoms with Crippen molar-refractivity contribution in [2.75, 3.05) is 11.9 Å². The van der Waals surface area contributed by atoms with Gasteiger partial charge < -0.3 is 15.7 Å². The molecule has 0 aliphatic heterocycles. The van der Waals surface area contributed by atoms with Crippen molar-refractivity contribution >= 4 is 40.3 Å². The summed E-state index contributed by atoms with van der Waals surface area (Å²) in [7, 11) is 0. The third-order valence-electron chi connectivity index (χ3n) is 3.28. The first kappa shape index (κ1) is 17.4. The number of pyridine rings is 1. The Morgan fingerprint density at radius 2 is 2.19 bits per heavy atom. The van der Waals surface area contributed by atoms with Crippen LogP contribution in [-0.4, -0.2) is 47.5 Å². The standard InChI is InChI=1S/C16H15N7O2S/c1-2-5-17-16(26)22-13-4-3-11-15(21-13)20-12(7-18-11)10-6-19-23(8-10)9-14(24)25/h2-4,6-8H,1,5,9H2,(H,24,25)(H2,17,20,21,22,26). The molecule has 26 heavy (non-hydrogen) atoms. The van der Waals surface area contributed by atoms with Gasteiger partial charge >= 0.3 is 5.97 Å². The molecule has 3 N–H and O–H groups in total. The number of carboxylic acid groups (broad SMARTS) is 1. The van der Waals surface area contributed by atoms with Gasteiger partial charge in [-0.15, -0.1) is 6.58 Å². The van der Waals surface area contributed by atoms with E-state index in [0.29, 0.717) is 39.9 Å². The van der Waals surface area contributed by atoms with Crippen LogP contribution in [0.5, 0.6) is 0 Å². The maximum Gasteiger partial charge on any atom is 0.325 e. The Morgan fingerprint density at radius 1 is 1.35 bits per heavy atom. The molecule has 0 atom stereocenters. The van der Waals surface area contributed by atoms with Crippen LogP contribution in [0.4, 0.5) is 5.82 Å². The molecule has 0 unspecified atom stereocenters. The quantitative estimate of drug-likeness (QED) is 0.438. The molecule has 3 aromatic rings. The Hall–Kier alpha value is -3.40. The highest BCUT2D eigenvalue weighted by Crippen LogP contribution is 2.19. The van der Waals surface area contributed by atoms with Gasteiger partial charge in [-0.1, -0.05) is 6.08 Å². The highest BCUT2D eigenvalue weighted by atomic mass is 32.1. The smallest absolute Gasteiger partial charge is 0.325 e. The van der Waals surface area contributed by atoms with E-state index >= 15 is 0 Å². The summed E-state index contributed by atoms with van der Waals surface area (Å²) in [4.78, 5) is 24.0. The van der Waals surface area contributed by atoms with Gasteiger partial charge in [-0.2, -0.15) is 5.10 Å². The first-order chi connectivity index (χ1) is 12.5. The van der Waals surface area contributed by atoms with Crippen molar-refractivity contribution < 1.29 is 9.90 Å². The highest BCUT2D eigenvalue weighted by molar-refractivity contribution is 7.80. The monoisotopic (exact) mass is 369 g/mol. The summed E-state index contributed by atoms with van der Waals surface area (Å²) >= 11 is 5.16. The molecule has 3 heterocycles. The zero-order valence-corrected chi connectivity index (χ0v) is 14.4. The average Bonchev–Trinajstić information content (AvgIpc) is 3.07. The lowest BCUT2D eigenvalue weighted by Gasteiger charge is -2.08. The van der Waals surface area contributed by atoms with Gasteiger partial charge in [0, 0.05) is 18.3 Å². The van der Waals surface area contributed by atoms with Gasteiger partial charge in [-0.05, 0) is 24.4 Å². The van der Waals surface area contributed by atoms with E-state index in [1.807, 2.05) is 0 Å². The van der Waals surface area contributed by atoms with Crippen molar-refractivity contribution in [3.8, 4) is 11.3 Å². The van der Waals surface area contributed by atoms with Gasteiger partial charge in [-0.25, -0.2) is 9.97 Å². The third kappa shape index (κ3) is 4.16. The van der Waals surface area contributed by atoms with Gasteiger partial charge in [-0.3, -0.25) is 14.5 Å². The molecule has 3 aromatic heterocycles. The van der Waals surface area contributed by atoms with Gasteiger partial charge in [0.05, 0.1) is 18.1 Å². The highest BCUT2D eigenvalue weighted by Gasteiger charge is 2.09. The second-order valence-corrected chi connectivity index (χ2v) is 5.65. The number of fused-ring (bicyclic) bond motifs is 1. The summed E-state index contributed by atoms with van der Waals surface area (Å²) < 4.78 is 1.32. The number of aromatic nitrogens is 5. The summed E-state index contributed by atoms with van der Waals surface area (Å²) in [5, 5.41) is 19.2. The molecule has 0 aliphatic rings. The number of rotatable bonds is 6. The largest absolute Gasteiger partial charge is 0.480 e. The molecule has 132 valence electrons. The minimum Gasteiger partial charge on any atom is -0.480 e. The predicted molar refractivity (Wildman–Crippen MR) is 101 cm³/mol. The SMILES string of the molecule is C=CCNC(=S)Nc1ccc2ncc(-c3cnn(CC(=O)O)c3)nc2n1. The number of carbonyl (C=O) groups is 1. The minimum absolute atomic E-state index is 0.220. The second kappa shape index (κ2) is 7.66. The zero-order valence-electron chi connectivity index (χ0n) is 13.6. The van der Waals surface area contributed by atoms with Crippen molar-refractivity contribution in [3.05, 3.63) is 43.4 Å². The molecule has 0 aliphatic carbocycles. The van der Waals surface area contributed by atoms with Crippen LogP contribution < -0.4 is 10.6 Å². The number of carboxylic acids is 1. The summed E-state index contributed by atoms with van der Waals surface area (Å²) in [5.41, 5.74) is 2.27. The molecule has 9 nitrogen and oxygen atoms in total. The third-order valence-corrected chi connectivity index (χ3v) is 3.53. The van der Waals surface area contributed by atoms with E-state index < -0.39 is 5.97 Å².